The standard InChI is InChI=1S/C14H21ClN2OS/c1-3-12-14(15)13(17(2)16-12)8-10(18)9-19-11-6-4-5-7-11/h11H,3-9H2,1-2H3. The molecule has 1 heterocycles. The van der Waals surface area contributed by atoms with E-state index in [1.807, 2.05) is 25.7 Å². The van der Waals surface area contributed by atoms with Crippen LogP contribution in [0, 0.1) is 0 Å². The number of hydrogen-bond acceptors (Lipinski definition) is 3. The van der Waals surface area contributed by atoms with Gasteiger partial charge < -0.3 is 0 Å². The predicted molar refractivity (Wildman–Crippen MR) is 81.0 cm³/mol. The summed E-state index contributed by atoms with van der Waals surface area (Å²) in [5.74, 6) is 0.859. The number of nitrogens with zero attached hydrogens (tertiary/aromatic N) is 2. The van der Waals surface area contributed by atoms with Crippen molar-refractivity contribution in [1.82, 2.24) is 9.78 Å². The largest absolute Gasteiger partial charge is 0.298 e. The molecule has 0 atom stereocenters. The molecule has 2 rings (SSSR count). The summed E-state index contributed by atoms with van der Waals surface area (Å²) >= 11 is 8.07. The number of aromatic nitrogens is 2. The first-order valence-electron chi connectivity index (χ1n) is 6.95. The molecule has 0 bridgehead atoms. The smallest absolute Gasteiger partial charge is 0.148 e. The number of hydrogen-bond donors (Lipinski definition) is 0. The Hall–Kier alpha value is -0.480. The number of Topliss-reactive ketones (excluding diaryl/α,β-unsaturated/α-hetero) is 1. The van der Waals surface area contributed by atoms with E-state index < -0.39 is 0 Å². The van der Waals surface area contributed by atoms with Gasteiger partial charge in [0.1, 0.15) is 5.78 Å². The summed E-state index contributed by atoms with van der Waals surface area (Å²) in [6.07, 6.45) is 6.38. The number of carbonyl (C=O) groups is 1. The van der Waals surface area contributed by atoms with Gasteiger partial charge in [-0.2, -0.15) is 16.9 Å². The molecule has 19 heavy (non-hydrogen) atoms. The minimum atomic E-state index is 0.254. The topological polar surface area (TPSA) is 34.9 Å². The number of ketones is 1. The highest BCUT2D eigenvalue weighted by Crippen LogP contribution is 2.29. The van der Waals surface area contributed by atoms with Crippen LogP contribution in [0.1, 0.15) is 44.0 Å². The third-order valence-corrected chi connectivity index (χ3v) is 5.52. The van der Waals surface area contributed by atoms with E-state index in [4.69, 9.17) is 11.6 Å². The van der Waals surface area contributed by atoms with Gasteiger partial charge in [0, 0.05) is 12.3 Å². The van der Waals surface area contributed by atoms with Gasteiger partial charge >= 0.3 is 0 Å². The lowest BCUT2D eigenvalue weighted by Crippen LogP contribution is -2.12. The fraction of sp³-hybridized carbons (Fsp3) is 0.714. The quantitative estimate of drug-likeness (QED) is 0.807. The summed E-state index contributed by atoms with van der Waals surface area (Å²) in [6.45, 7) is 2.02. The highest BCUT2D eigenvalue weighted by molar-refractivity contribution is 8.00. The van der Waals surface area contributed by atoms with Crippen molar-refractivity contribution in [3.8, 4) is 0 Å². The Morgan fingerprint density at radius 1 is 1.47 bits per heavy atom. The Morgan fingerprint density at radius 2 is 2.16 bits per heavy atom. The lowest BCUT2D eigenvalue weighted by atomic mass is 10.2. The highest BCUT2D eigenvalue weighted by atomic mass is 35.5. The van der Waals surface area contributed by atoms with Crippen LogP contribution in [0.15, 0.2) is 0 Å². The molecule has 0 N–H and O–H groups in total. The first kappa shape index (κ1) is 14.9. The van der Waals surface area contributed by atoms with Crippen LogP contribution < -0.4 is 0 Å². The molecule has 1 saturated carbocycles. The number of thioether (sulfide) groups is 1. The van der Waals surface area contributed by atoms with Crippen LogP contribution in [0.5, 0.6) is 0 Å². The zero-order valence-electron chi connectivity index (χ0n) is 11.6. The molecule has 0 amide bonds. The molecule has 0 aliphatic heterocycles. The maximum atomic E-state index is 12.1. The lowest BCUT2D eigenvalue weighted by molar-refractivity contribution is -0.116. The molecule has 1 aromatic rings. The Kier molecular flexibility index (Phi) is 5.34. The van der Waals surface area contributed by atoms with Crippen LogP contribution >= 0.6 is 23.4 Å². The SMILES string of the molecule is CCc1nn(C)c(CC(=O)CSC2CCCC2)c1Cl. The van der Waals surface area contributed by atoms with Crippen LogP contribution in [0.3, 0.4) is 0 Å². The second-order valence-corrected chi connectivity index (χ2v) is 6.78. The molecule has 0 saturated heterocycles. The third-order valence-electron chi connectivity index (χ3n) is 3.65. The molecule has 3 nitrogen and oxygen atoms in total. The van der Waals surface area contributed by atoms with Crippen LogP contribution in [-0.2, 0) is 24.7 Å². The molecule has 0 aromatic carbocycles. The Labute approximate surface area is 124 Å². The normalized spacial score (nSPS) is 16.2. The minimum Gasteiger partial charge on any atom is -0.298 e. The number of rotatable bonds is 6. The van der Waals surface area contributed by atoms with Crippen molar-refractivity contribution in [1.29, 1.82) is 0 Å². The average molecular weight is 301 g/mol. The predicted octanol–water partition coefficient (Wildman–Crippen LogP) is 3.42. The molecule has 0 radical (unpaired) electrons. The highest BCUT2D eigenvalue weighted by Gasteiger charge is 2.19. The van der Waals surface area contributed by atoms with Crippen molar-refractivity contribution in [2.45, 2.75) is 50.7 Å². The summed E-state index contributed by atoms with van der Waals surface area (Å²) in [6, 6.07) is 0. The second-order valence-electron chi connectivity index (χ2n) is 5.12. The zero-order chi connectivity index (χ0) is 13.8. The van der Waals surface area contributed by atoms with Gasteiger partial charge in [-0.15, -0.1) is 0 Å². The lowest BCUT2D eigenvalue weighted by Gasteiger charge is -2.08. The van der Waals surface area contributed by atoms with Crippen LogP contribution in [-0.4, -0.2) is 26.6 Å². The molecule has 106 valence electrons. The van der Waals surface area contributed by atoms with Gasteiger partial charge in [0.2, 0.25) is 0 Å². The summed E-state index contributed by atoms with van der Waals surface area (Å²) in [5, 5.41) is 5.71. The third kappa shape index (κ3) is 3.76. The molecule has 1 fully saturated rings. The van der Waals surface area contributed by atoms with Gasteiger partial charge in [-0.25, -0.2) is 0 Å². The number of carbonyl (C=O) groups excluding carboxylic acids is 1. The van der Waals surface area contributed by atoms with Crippen molar-refractivity contribution in [2.24, 2.45) is 7.05 Å². The van der Waals surface area contributed by atoms with Gasteiger partial charge in [0.05, 0.1) is 28.6 Å². The Morgan fingerprint density at radius 3 is 2.74 bits per heavy atom. The van der Waals surface area contributed by atoms with E-state index >= 15 is 0 Å². The van der Waals surface area contributed by atoms with E-state index in [1.165, 1.54) is 25.7 Å². The summed E-state index contributed by atoms with van der Waals surface area (Å²) in [7, 11) is 1.86. The first-order chi connectivity index (χ1) is 9.11. The number of halogens is 1. The van der Waals surface area contributed by atoms with Gasteiger partial charge in [0.15, 0.2) is 0 Å². The maximum Gasteiger partial charge on any atom is 0.148 e. The van der Waals surface area contributed by atoms with Crippen LogP contribution in [0.2, 0.25) is 5.02 Å². The van der Waals surface area contributed by atoms with Crippen LogP contribution in [0.25, 0.3) is 0 Å². The maximum absolute atomic E-state index is 12.1. The van der Waals surface area contributed by atoms with Crippen molar-refractivity contribution in [2.75, 3.05) is 5.75 Å². The van der Waals surface area contributed by atoms with Crippen LogP contribution in [0.4, 0.5) is 0 Å². The van der Waals surface area contributed by atoms with Crippen molar-refractivity contribution < 1.29 is 4.79 Å². The molecule has 1 aromatic heterocycles. The fourth-order valence-corrected chi connectivity index (χ4v) is 4.07. The molecule has 5 heteroatoms. The van der Waals surface area contributed by atoms with E-state index in [0.29, 0.717) is 22.4 Å². The van der Waals surface area contributed by atoms with Gasteiger partial charge in [0.25, 0.3) is 0 Å². The van der Waals surface area contributed by atoms with Crippen molar-refractivity contribution >= 4 is 29.1 Å². The molecule has 0 unspecified atom stereocenters. The second kappa shape index (κ2) is 6.80. The molecule has 1 aliphatic rings. The van der Waals surface area contributed by atoms with Gasteiger partial charge in [-0.3, -0.25) is 9.48 Å². The average Bonchev–Trinajstić information content (AvgIpc) is 2.99. The zero-order valence-corrected chi connectivity index (χ0v) is 13.2. The van der Waals surface area contributed by atoms with E-state index in [0.717, 1.165) is 17.8 Å². The summed E-state index contributed by atoms with van der Waals surface area (Å²) < 4.78 is 1.75. The molecule has 1 aliphatic carbocycles. The molecular weight excluding hydrogens is 280 g/mol. The van der Waals surface area contributed by atoms with E-state index in [9.17, 15) is 4.79 Å². The van der Waals surface area contributed by atoms with E-state index in [2.05, 4.69) is 5.10 Å². The van der Waals surface area contributed by atoms with Gasteiger partial charge in [-0.1, -0.05) is 31.4 Å². The van der Waals surface area contributed by atoms with E-state index in [1.54, 1.807) is 4.68 Å². The summed E-state index contributed by atoms with van der Waals surface area (Å²) in [4.78, 5) is 12.1. The molecule has 0 spiro atoms. The Balaban J connectivity index is 1.89. The van der Waals surface area contributed by atoms with Crippen molar-refractivity contribution in [3.63, 3.8) is 0 Å². The number of aryl methyl sites for hydroxylation is 2. The van der Waals surface area contributed by atoms with Gasteiger partial charge in [-0.05, 0) is 19.3 Å². The molecular formula is C14H21ClN2OS. The minimum absolute atomic E-state index is 0.254. The van der Waals surface area contributed by atoms with Crippen molar-refractivity contribution in [3.05, 3.63) is 16.4 Å². The monoisotopic (exact) mass is 300 g/mol. The Bertz CT molecular complexity index is 453. The fourth-order valence-electron chi connectivity index (χ4n) is 2.52. The van der Waals surface area contributed by atoms with E-state index in [-0.39, 0.29) is 5.78 Å². The first-order valence-corrected chi connectivity index (χ1v) is 8.38. The summed E-state index contributed by atoms with van der Waals surface area (Å²) in [5.41, 5.74) is 1.74.